The fourth-order valence-corrected chi connectivity index (χ4v) is 3.79. The third-order valence-corrected chi connectivity index (χ3v) is 5.02. The smallest absolute Gasteiger partial charge is 0.255 e. The summed E-state index contributed by atoms with van der Waals surface area (Å²) in [6, 6.07) is 9.76. The lowest BCUT2D eigenvalue weighted by molar-refractivity contribution is 0.0828. The summed E-state index contributed by atoms with van der Waals surface area (Å²) in [5.41, 5.74) is 1.75. The van der Waals surface area contributed by atoms with Crippen LogP contribution < -0.4 is 5.32 Å². The van der Waals surface area contributed by atoms with Crippen molar-refractivity contribution in [1.29, 1.82) is 0 Å². The number of nitrogens with one attached hydrogen (secondary N) is 1. The molecule has 1 aromatic carbocycles. The van der Waals surface area contributed by atoms with Gasteiger partial charge in [-0.05, 0) is 44.9 Å². The molecule has 4 nitrogen and oxygen atoms in total. The van der Waals surface area contributed by atoms with Gasteiger partial charge >= 0.3 is 0 Å². The lowest BCUT2D eigenvalue weighted by atomic mass is 9.97. The Morgan fingerprint density at radius 2 is 1.81 bits per heavy atom. The molecule has 2 unspecified atom stereocenters. The van der Waals surface area contributed by atoms with Crippen LogP contribution in [0.15, 0.2) is 24.3 Å². The Bertz CT molecular complexity index is 515. The highest BCUT2D eigenvalue weighted by atomic mass is 16.2. The van der Waals surface area contributed by atoms with Gasteiger partial charge in [0.1, 0.15) is 0 Å². The van der Waals surface area contributed by atoms with E-state index in [1.165, 1.54) is 25.7 Å². The van der Waals surface area contributed by atoms with Crippen molar-refractivity contribution in [2.45, 2.75) is 43.8 Å². The van der Waals surface area contributed by atoms with Gasteiger partial charge in [0.15, 0.2) is 0 Å². The van der Waals surface area contributed by atoms with Crippen molar-refractivity contribution in [3.05, 3.63) is 29.8 Å². The highest BCUT2D eigenvalue weighted by Gasteiger charge is 2.38. The number of amides is 1. The Labute approximate surface area is 127 Å². The number of nitrogens with zero attached hydrogens (tertiary/aromatic N) is 2. The topological polar surface area (TPSA) is 35.6 Å². The van der Waals surface area contributed by atoms with Crippen molar-refractivity contribution in [1.82, 2.24) is 9.80 Å². The second-order valence-electron chi connectivity index (χ2n) is 6.61. The molecule has 114 valence electrons. The number of piperidine rings is 1. The van der Waals surface area contributed by atoms with Crippen molar-refractivity contribution in [2.75, 3.05) is 26.5 Å². The number of carbonyl (C=O) groups excluding carboxylic acids is 1. The normalized spacial score (nSPS) is 28.4. The second kappa shape index (κ2) is 5.68. The van der Waals surface area contributed by atoms with Crippen molar-refractivity contribution in [3.8, 4) is 0 Å². The number of para-hydroxylation sites is 1. The van der Waals surface area contributed by atoms with Gasteiger partial charge in [-0.25, -0.2) is 0 Å². The van der Waals surface area contributed by atoms with Crippen LogP contribution in [0.3, 0.4) is 0 Å². The van der Waals surface area contributed by atoms with E-state index in [0.29, 0.717) is 18.1 Å². The van der Waals surface area contributed by atoms with Crippen LogP contribution in [-0.4, -0.2) is 55.0 Å². The average molecular weight is 287 g/mol. The largest absolute Gasteiger partial charge is 0.382 e. The highest BCUT2D eigenvalue weighted by molar-refractivity contribution is 5.99. The average Bonchev–Trinajstić information content (AvgIpc) is 2.69. The molecule has 2 heterocycles. The molecule has 1 N–H and O–H groups in total. The summed E-state index contributed by atoms with van der Waals surface area (Å²) in [5, 5.41) is 3.63. The summed E-state index contributed by atoms with van der Waals surface area (Å²) in [6.07, 6.45) is 4.99. The molecule has 1 amide bonds. The number of anilines is 1. The maximum Gasteiger partial charge on any atom is 0.255 e. The molecule has 2 saturated heterocycles. The van der Waals surface area contributed by atoms with E-state index in [9.17, 15) is 4.79 Å². The van der Waals surface area contributed by atoms with E-state index in [-0.39, 0.29) is 5.91 Å². The Morgan fingerprint density at radius 1 is 1.19 bits per heavy atom. The zero-order valence-electron chi connectivity index (χ0n) is 13.2. The summed E-state index contributed by atoms with van der Waals surface area (Å²) < 4.78 is 0. The molecule has 0 saturated carbocycles. The van der Waals surface area contributed by atoms with Crippen molar-refractivity contribution < 1.29 is 4.79 Å². The van der Waals surface area contributed by atoms with E-state index < -0.39 is 0 Å². The first-order valence-corrected chi connectivity index (χ1v) is 7.85. The summed E-state index contributed by atoms with van der Waals surface area (Å²) in [6.45, 7) is 0. The number of hydrogen-bond acceptors (Lipinski definition) is 3. The van der Waals surface area contributed by atoms with Crippen molar-refractivity contribution in [2.24, 2.45) is 0 Å². The van der Waals surface area contributed by atoms with Crippen molar-refractivity contribution in [3.63, 3.8) is 0 Å². The van der Waals surface area contributed by atoms with Crippen LogP contribution in [0.25, 0.3) is 0 Å². The molecule has 2 aliphatic rings. The Balaban J connectivity index is 1.75. The van der Waals surface area contributed by atoms with Gasteiger partial charge in [-0.15, -0.1) is 0 Å². The monoisotopic (exact) mass is 287 g/mol. The third kappa shape index (κ3) is 2.77. The summed E-state index contributed by atoms with van der Waals surface area (Å²) in [4.78, 5) is 16.5. The predicted octanol–water partition coefficient (Wildman–Crippen LogP) is 2.43. The van der Waals surface area contributed by atoms with E-state index in [2.05, 4.69) is 17.3 Å². The van der Waals surface area contributed by atoms with E-state index >= 15 is 0 Å². The fraction of sp³-hybridized carbons (Fsp3) is 0.588. The zero-order chi connectivity index (χ0) is 15.0. The highest BCUT2D eigenvalue weighted by Crippen LogP contribution is 2.35. The van der Waals surface area contributed by atoms with Crippen LogP contribution in [-0.2, 0) is 0 Å². The SMILES string of the molecule is CN(C)C(=O)c1ccccc1NC1CC2CCC(C1)N2C. The first kappa shape index (κ1) is 14.4. The lowest BCUT2D eigenvalue weighted by Gasteiger charge is -2.37. The van der Waals surface area contributed by atoms with Gasteiger partial charge in [0.2, 0.25) is 0 Å². The summed E-state index contributed by atoms with van der Waals surface area (Å²) >= 11 is 0. The van der Waals surface area contributed by atoms with Gasteiger partial charge in [-0.1, -0.05) is 12.1 Å². The van der Waals surface area contributed by atoms with Gasteiger partial charge in [-0.2, -0.15) is 0 Å². The Hall–Kier alpha value is -1.55. The quantitative estimate of drug-likeness (QED) is 0.927. The molecule has 2 aliphatic heterocycles. The molecule has 0 aliphatic carbocycles. The minimum absolute atomic E-state index is 0.0639. The third-order valence-electron chi connectivity index (χ3n) is 5.02. The van der Waals surface area contributed by atoms with Crippen LogP contribution in [0.1, 0.15) is 36.0 Å². The summed E-state index contributed by atoms with van der Waals surface area (Å²) in [7, 11) is 5.85. The van der Waals surface area contributed by atoms with Gasteiger partial charge in [-0.3, -0.25) is 4.79 Å². The predicted molar refractivity (Wildman–Crippen MR) is 85.7 cm³/mol. The molecule has 1 aromatic rings. The maximum atomic E-state index is 12.3. The molecule has 0 aromatic heterocycles. The molecule has 2 bridgehead atoms. The molecular formula is C17H25N3O. The minimum atomic E-state index is 0.0639. The lowest BCUT2D eigenvalue weighted by Crippen LogP contribution is -2.44. The van der Waals surface area contributed by atoms with Crippen LogP contribution in [0, 0.1) is 0 Å². The molecular weight excluding hydrogens is 262 g/mol. The maximum absolute atomic E-state index is 12.3. The van der Waals surface area contributed by atoms with E-state index in [4.69, 9.17) is 0 Å². The standard InChI is InChI=1S/C17H25N3O/c1-19(2)17(21)15-6-4-5-7-16(15)18-12-10-13-8-9-14(11-12)20(13)3/h4-7,12-14,18H,8-11H2,1-3H3. The van der Waals surface area contributed by atoms with Crippen LogP contribution >= 0.6 is 0 Å². The minimum Gasteiger partial charge on any atom is -0.382 e. The van der Waals surface area contributed by atoms with E-state index in [1.807, 2.05) is 24.3 Å². The number of benzene rings is 1. The first-order valence-electron chi connectivity index (χ1n) is 7.85. The number of hydrogen-bond donors (Lipinski definition) is 1. The molecule has 21 heavy (non-hydrogen) atoms. The van der Waals surface area contributed by atoms with Gasteiger partial charge in [0.05, 0.1) is 5.56 Å². The van der Waals surface area contributed by atoms with E-state index in [0.717, 1.165) is 11.3 Å². The van der Waals surface area contributed by atoms with Crippen LogP contribution in [0.2, 0.25) is 0 Å². The zero-order valence-corrected chi connectivity index (χ0v) is 13.2. The molecule has 2 fully saturated rings. The van der Waals surface area contributed by atoms with Gasteiger partial charge in [0, 0.05) is 37.9 Å². The summed E-state index contributed by atoms with van der Waals surface area (Å²) in [5.74, 6) is 0.0639. The molecule has 2 atom stereocenters. The second-order valence-corrected chi connectivity index (χ2v) is 6.61. The Kier molecular flexibility index (Phi) is 3.89. The number of carbonyl (C=O) groups is 1. The van der Waals surface area contributed by atoms with Crippen molar-refractivity contribution >= 4 is 11.6 Å². The molecule has 0 spiro atoms. The van der Waals surface area contributed by atoms with Gasteiger partial charge < -0.3 is 15.1 Å². The molecule has 4 heteroatoms. The number of rotatable bonds is 3. The molecule has 0 radical (unpaired) electrons. The molecule has 3 rings (SSSR count). The first-order chi connectivity index (χ1) is 10.1. The van der Waals surface area contributed by atoms with Crippen LogP contribution in [0.4, 0.5) is 5.69 Å². The number of fused-ring (bicyclic) bond motifs is 2. The van der Waals surface area contributed by atoms with E-state index in [1.54, 1.807) is 19.0 Å². The Morgan fingerprint density at radius 3 is 2.43 bits per heavy atom. The fourth-order valence-electron chi connectivity index (χ4n) is 3.79. The van der Waals surface area contributed by atoms with Gasteiger partial charge in [0.25, 0.3) is 5.91 Å². The van der Waals surface area contributed by atoms with Crippen LogP contribution in [0.5, 0.6) is 0 Å².